The molecule has 0 atom stereocenters. The minimum atomic E-state index is 0.752. The van der Waals surface area contributed by atoms with Gasteiger partial charge in [-0.1, -0.05) is 13.8 Å². The van der Waals surface area contributed by atoms with E-state index in [1.807, 2.05) is 0 Å². The van der Waals surface area contributed by atoms with Crippen LogP contribution < -0.4 is 10.6 Å². The predicted molar refractivity (Wildman–Crippen MR) is 59.1 cm³/mol. The molecule has 0 unspecified atom stereocenters. The van der Waals surface area contributed by atoms with Crippen LogP contribution in [-0.2, 0) is 0 Å². The molecule has 0 saturated heterocycles. The molecule has 0 aliphatic heterocycles. The van der Waals surface area contributed by atoms with Crippen molar-refractivity contribution in [2.24, 2.45) is 5.92 Å². The van der Waals surface area contributed by atoms with Crippen molar-refractivity contribution in [3.05, 3.63) is 0 Å². The number of likely N-dealkylation sites (N-methyl/N-ethyl adjacent to an activating group) is 1. The molecule has 0 aliphatic carbocycles. The summed E-state index contributed by atoms with van der Waals surface area (Å²) in [5.74, 6) is 0.752. The summed E-state index contributed by atoms with van der Waals surface area (Å²) in [7, 11) is 4.19. The van der Waals surface area contributed by atoms with Crippen LogP contribution in [-0.4, -0.2) is 51.7 Å². The first-order valence-corrected chi connectivity index (χ1v) is 5.19. The predicted octanol–water partition coefficient (Wildman–Crippen LogP) is 0.383. The van der Waals surface area contributed by atoms with Crippen LogP contribution in [0.4, 0.5) is 0 Å². The first-order valence-electron chi connectivity index (χ1n) is 5.19. The summed E-state index contributed by atoms with van der Waals surface area (Å²) < 4.78 is 0. The Bertz CT molecular complexity index is 90.3. The molecule has 0 rings (SSSR count). The van der Waals surface area contributed by atoms with Crippen molar-refractivity contribution in [3.63, 3.8) is 0 Å². The Morgan fingerprint density at radius 1 is 1.00 bits per heavy atom. The van der Waals surface area contributed by atoms with Crippen molar-refractivity contribution in [1.29, 1.82) is 0 Å². The average Bonchev–Trinajstić information content (AvgIpc) is 2.01. The smallest absolute Gasteiger partial charge is 0.0101 e. The van der Waals surface area contributed by atoms with Crippen LogP contribution in [0.3, 0.4) is 0 Å². The van der Waals surface area contributed by atoms with Crippen molar-refractivity contribution >= 4 is 0 Å². The van der Waals surface area contributed by atoms with E-state index in [4.69, 9.17) is 0 Å². The fraction of sp³-hybridized carbons (Fsp3) is 1.00. The van der Waals surface area contributed by atoms with Crippen LogP contribution in [0.25, 0.3) is 0 Å². The highest BCUT2D eigenvalue weighted by atomic mass is 15.1. The molecule has 13 heavy (non-hydrogen) atoms. The first kappa shape index (κ1) is 12.9. The van der Waals surface area contributed by atoms with E-state index in [1.165, 1.54) is 0 Å². The van der Waals surface area contributed by atoms with Crippen LogP contribution in [0.1, 0.15) is 13.8 Å². The molecule has 3 nitrogen and oxygen atoms in total. The summed E-state index contributed by atoms with van der Waals surface area (Å²) in [6.07, 6.45) is 0. The summed E-state index contributed by atoms with van der Waals surface area (Å²) in [6.45, 7) is 9.92. The van der Waals surface area contributed by atoms with Crippen LogP contribution in [0.2, 0.25) is 0 Å². The van der Waals surface area contributed by atoms with E-state index in [-0.39, 0.29) is 0 Å². The lowest BCUT2D eigenvalue weighted by atomic mass is 10.2. The Balaban J connectivity index is 2.92. The van der Waals surface area contributed by atoms with Crippen molar-refractivity contribution in [2.45, 2.75) is 13.8 Å². The second kappa shape index (κ2) is 8.48. The van der Waals surface area contributed by atoms with E-state index >= 15 is 0 Å². The van der Waals surface area contributed by atoms with Gasteiger partial charge in [0.25, 0.3) is 0 Å². The maximum atomic E-state index is 3.40. The van der Waals surface area contributed by atoms with Gasteiger partial charge in [0.15, 0.2) is 0 Å². The molecule has 0 fully saturated rings. The second-order valence-corrected chi connectivity index (χ2v) is 4.15. The summed E-state index contributed by atoms with van der Waals surface area (Å²) in [6, 6.07) is 0. The van der Waals surface area contributed by atoms with Crippen molar-refractivity contribution < 1.29 is 0 Å². The van der Waals surface area contributed by atoms with E-state index in [0.717, 1.165) is 38.6 Å². The maximum Gasteiger partial charge on any atom is 0.0101 e. The average molecular weight is 187 g/mol. The summed E-state index contributed by atoms with van der Waals surface area (Å²) in [4.78, 5) is 2.19. The Morgan fingerprint density at radius 2 is 1.62 bits per heavy atom. The molecule has 3 heteroatoms. The number of nitrogens with one attached hydrogen (secondary N) is 2. The summed E-state index contributed by atoms with van der Waals surface area (Å²) in [5.41, 5.74) is 0. The van der Waals surface area contributed by atoms with Gasteiger partial charge in [0.1, 0.15) is 0 Å². The van der Waals surface area contributed by atoms with Gasteiger partial charge in [-0.2, -0.15) is 0 Å². The lowest BCUT2D eigenvalue weighted by molar-refractivity contribution is 0.399. The number of rotatable bonds is 8. The van der Waals surface area contributed by atoms with Gasteiger partial charge in [-0.3, -0.25) is 0 Å². The molecule has 0 radical (unpaired) electrons. The van der Waals surface area contributed by atoms with Gasteiger partial charge in [0, 0.05) is 26.2 Å². The number of hydrogen-bond acceptors (Lipinski definition) is 3. The van der Waals surface area contributed by atoms with E-state index in [2.05, 4.69) is 43.5 Å². The second-order valence-electron chi connectivity index (χ2n) is 4.15. The number of hydrogen-bond donors (Lipinski definition) is 2. The Hall–Kier alpha value is -0.120. The van der Waals surface area contributed by atoms with Gasteiger partial charge in [0.05, 0.1) is 0 Å². The van der Waals surface area contributed by atoms with Crippen molar-refractivity contribution in [2.75, 3.05) is 46.8 Å². The monoisotopic (exact) mass is 187 g/mol. The Kier molecular flexibility index (Phi) is 8.40. The molecule has 0 heterocycles. The van der Waals surface area contributed by atoms with Gasteiger partial charge in [-0.05, 0) is 26.6 Å². The van der Waals surface area contributed by atoms with Crippen LogP contribution >= 0.6 is 0 Å². The summed E-state index contributed by atoms with van der Waals surface area (Å²) >= 11 is 0. The minimum Gasteiger partial charge on any atom is -0.315 e. The lowest BCUT2D eigenvalue weighted by Crippen LogP contribution is -2.33. The van der Waals surface area contributed by atoms with Crippen LogP contribution in [0, 0.1) is 5.92 Å². The molecule has 0 aromatic heterocycles. The molecule has 0 aliphatic rings. The van der Waals surface area contributed by atoms with Gasteiger partial charge in [0.2, 0.25) is 0 Å². The third-order valence-corrected chi connectivity index (χ3v) is 1.77. The molecule has 2 N–H and O–H groups in total. The zero-order chi connectivity index (χ0) is 10.1. The van der Waals surface area contributed by atoms with Crippen molar-refractivity contribution in [1.82, 2.24) is 15.5 Å². The van der Waals surface area contributed by atoms with Gasteiger partial charge in [-0.15, -0.1) is 0 Å². The molecule has 0 saturated carbocycles. The fourth-order valence-electron chi connectivity index (χ4n) is 0.995. The zero-order valence-corrected chi connectivity index (χ0v) is 9.56. The SMILES string of the molecule is CC(C)CNCCNCCN(C)C. The van der Waals surface area contributed by atoms with E-state index in [9.17, 15) is 0 Å². The Morgan fingerprint density at radius 3 is 2.15 bits per heavy atom. The largest absolute Gasteiger partial charge is 0.315 e. The quantitative estimate of drug-likeness (QED) is 0.538. The third-order valence-electron chi connectivity index (χ3n) is 1.77. The van der Waals surface area contributed by atoms with Gasteiger partial charge >= 0.3 is 0 Å². The van der Waals surface area contributed by atoms with Crippen LogP contribution in [0.5, 0.6) is 0 Å². The third kappa shape index (κ3) is 11.9. The van der Waals surface area contributed by atoms with Gasteiger partial charge < -0.3 is 15.5 Å². The van der Waals surface area contributed by atoms with Crippen LogP contribution in [0.15, 0.2) is 0 Å². The standard InChI is InChI=1S/C10H25N3/c1-10(2)9-12-6-5-11-7-8-13(3)4/h10-12H,5-9H2,1-4H3. The first-order chi connectivity index (χ1) is 6.13. The highest BCUT2D eigenvalue weighted by Gasteiger charge is 1.92. The highest BCUT2D eigenvalue weighted by molar-refractivity contribution is 4.55. The molecule has 0 bridgehead atoms. The highest BCUT2D eigenvalue weighted by Crippen LogP contribution is 1.85. The summed E-state index contributed by atoms with van der Waals surface area (Å²) in [5, 5.41) is 6.78. The minimum absolute atomic E-state index is 0.752. The molecular weight excluding hydrogens is 162 g/mol. The number of nitrogens with zero attached hydrogens (tertiary/aromatic N) is 1. The van der Waals surface area contributed by atoms with Crippen molar-refractivity contribution in [3.8, 4) is 0 Å². The maximum absolute atomic E-state index is 3.40. The molecule has 80 valence electrons. The van der Waals surface area contributed by atoms with E-state index in [0.29, 0.717) is 0 Å². The zero-order valence-electron chi connectivity index (χ0n) is 9.56. The Labute approximate surface area is 82.9 Å². The van der Waals surface area contributed by atoms with Gasteiger partial charge in [-0.25, -0.2) is 0 Å². The van der Waals surface area contributed by atoms with E-state index in [1.54, 1.807) is 0 Å². The fourth-order valence-corrected chi connectivity index (χ4v) is 0.995. The molecule has 0 amide bonds. The molecular formula is C10H25N3. The lowest BCUT2D eigenvalue weighted by Gasteiger charge is -2.11. The molecule has 0 spiro atoms. The normalized spacial score (nSPS) is 11.5. The van der Waals surface area contributed by atoms with E-state index < -0.39 is 0 Å². The topological polar surface area (TPSA) is 27.3 Å². The molecule has 0 aromatic rings. The molecule has 0 aromatic carbocycles.